The predicted octanol–water partition coefficient (Wildman–Crippen LogP) is 5.67. The summed E-state index contributed by atoms with van der Waals surface area (Å²) in [6.45, 7) is 5.03. The van der Waals surface area contributed by atoms with Crippen molar-refractivity contribution in [2.75, 3.05) is 42.9 Å². The summed E-state index contributed by atoms with van der Waals surface area (Å²) in [5.41, 5.74) is 5.87. The Morgan fingerprint density at radius 2 is 1.72 bits per heavy atom. The molecule has 1 N–H and O–H groups in total. The van der Waals surface area contributed by atoms with Crippen molar-refractivity contribution in [1.82, 2.24) is 19.5 Å². The zero-order chi connectivity index (χ0) is 26.6. The topological polar surface area (TPSA) is 65.8 Å². The van der Waals surface area contributed by atoms with Crippen LogP contribution in [0.2, 0.25) is 5.02 Å². The number of aromatic nitrogens is 3. The molecule has 1 saturated heterocycles. The maximum absolute atomic E-state index is 13.2. The first-order valence-corrected chi connectivity index (χ1v) is 13.5. The first-order chi connectivity index (χ1) is 19.1. The Morgan fingerprint density at radius 1 is 0.897 bits per heavy atom. The van der Waals surface area contributed by atoms with Gasteiger partial charge in [-0.25, -0.2) is 9.50 Å². The number of benzene rings is 3. The fourth-order valence-electron chi connectivity index (χ4n) is 4.99. The minimum atomic E-state index is -0.265. The monoisotopic (exact) mass is 536 g/mol. The van der Waals surface area contributed by atoms with Crippen molar-refractivity contribution < 1.29 is 4.79 Å². The molecular formula is C31H29ClN6O. The molecule has 3 heterocycles. The van der Waals surface area contributed by atoms with Crippen LogP contribution in [-0.4, -0.2) is 58.1 Å². The summed E-state index contributed by atoms with van der Waals surface area (Å²) >= 11 is 6.18. The van der Waals surface area contributed by atoms with E-state index in [0.29, 0.717) is 16.4 Å². The lowest BCUT2D eigenvalue weighted by molar-refractivity contribution is 0.102. The average Bonchev–Trinajstić information content (AvgIpc) is 3.40. The first kappa shape index (κ1) is 25.1. The number of hydrogen-bond donors (Lipinski definition) is 1. The molecule has 0 aliphatic carbocycles. The molecule has 0 radical (unpaired) electrons. The number of carbonyl (C=O) groups excluding carboxylic acids is 1. The average molecular weight is 537 g/mol. The van der Waals surface area contributed by atoms with E-state index in [0.717, 1.165) is 61.6 Å². The number of nitrogens with zero attached hydrogens (tertiary/aromatic N) is 5. The summed E-state index contributed by atoms with van der Waals surface area (Å²) in [6.07, 6.45) is 4.56. The molecule has 0 unspecified atom stereocenters. The standard InChI is InChI=1S/C31H29ClN6O/c32-25-9-4-8-24(20-25)28-22-33-38-15-13-29(35-30(28)38)31(39)34-26-10-5-11-27(21-26)37-18-16-36(17-19-37)14-12-23-6-2-1-3-7-23/h1-11,13,15,20-22H,12,14,16-19H2,(H,34,39). The maximum Gasteiger partial charge on any atom is 0.274 e. The zero-order valence-corrected chi connectivity index (χ0v) is 22.3. The van der Waals surface area contributed by atoms with Crippen molar-refractivity contribution in [1.29, 1.82) is 0 Å². The van der Waals surface area contributed by atoms with Crippen LogP contribution in [0.15, 0.2) is 97.3 Å². The van der Waals surface area contributed by atoms with Gasteiger partial charge >= 0.3 is 0 Å². The minimum absolute atomic E-state index is 0.265. The van der Waals surface area contributed by atoms with Gasteiger partial charge < -0.3 is 10.2 Å². The summed E-state index contributed by atoms with van der Waals surface area (Å²) in [7, 11) is 0. The molecule has 8 heteroatoms. The predicted molar refractivity (Wildman–Crippen MR) is 157 cm³/mol. The molecule has 39 heavy (non-hydrogen) atoms. The van der Waals surface area contributed by atoms with E-state index >= 15 is 0 Å². The number of carbonyl (C=O) groups is 1. The van der Waals surface area contributed by atoms with Gasteiger partial charge in [-0.2, -0.15) is 5.10 Å². The first-order valence-electron chi connectivity index (χ1n) is 13.2. The second kappa shape index (κ2) is 11.3. The number of halogens is 1. The second-order valence-electron chi connectivity index (χ2n) is 9.72. The molecule has 6 rings (SSSR count). The van der Waals surface area contributed by atoms with Crippen LogP contribution in [0.3, 0.4) is 0 Å². The number of nitrogens with one attached hydrogen (secondary N) is 1. The molecule has 1 aliphatic heterocycles. The highest BCUT2D eigenvalue weighted by atomic mass is 35.5. The molecule has 0 bridgehead atoms. The van der Waals surface area contributed by atoms with Crippen LogP contribution in [0, 0.1) is 0 Å². The minimum Gasteiger partial charge on any atom is -0.369 e. The van der Waals surface area contributed by atoms with Gasteiger partial charge in [-0.15, -0.1) is 0 Å². The molecule has 1 fully saturated rings. The largest absolute Gasteiger partial charge is 0.369 e. The van der Waals surface area contributed by atoms with Crippen molar-refractivity contribution in [2.45, 2.75) is 6.42 Å². The number of amides is 1. The number of hydrogen-bond acceptors (Lipinski definition) is 5. The third-order valence-corrected chi connectivity index (χ3v) is 7.37. The molecular weight excluding hydrogens is 508 g/mol. The van der Waals surface area contributed by atoms with Gasteiger partial charge in [-0.1, -0.05) is 60.1 Å². The molecule has 2 aromatic heterocycles. The molecule has 1 amide bonds. The van der Waals surface area contributed by atoms with E-state index in [1.165, 1.54) is 5.56 Å². The summed E-state index contributed by atoms with van der Waals surface area (Å²) in [5.74, 6) is -0.265. The molecule has 7 nitrogen and oxygen atoms in total. The lowest BCUT2D eigenvalue weighted by Gasteiger charge is -2.36. The van der Waals surface area contributed by atoms with E-state index in [4.69, 9.17) is 11.6 Å². The zero-order valence-electron chi connectivity index (χ0n) is 21.5. The highest BCUT2D eigenvalue weighted by Crippen LogP contribution is 2.26. The highest BCUT2D eigenvalue weighted by molar-refractivity contribution is 6.30. The van der Waals surface area contributed by atoms with Crippen LogP contribution in [-0.2, 0) is 6.42 Å². The van der Waals surface area contributed by atoms with Crippen molar-refractivity contribution >= 4 is 34.5 Å². The van der Waals surface area contributed by atoms with Crippen molar-refractivity contribution in [3.8, 4) is 11.1 Å². The van der Waals surface area contributed by atoms with E-state index < -0.39 is 0 Å². The van der Waals surface area contributed by atoms with Crippen LogP contribution in [0.1, 0.15) is 16.1 Å². The van der Waals surface area contributed by atoms with E-state index in [1.807, 2.05) is 42.5 Å². The van der Waals surface area contributed by atoms with Crippen LogP contribution in [0.4, 0.5) is 11.4 Å². The van der Waals surface area contributed by atoms with Crippen molar-refractivity contribution in [2.24, 2.45) is 0 Å². The molecule has 1 aliphatic rings. The molecule has 3 aromatic carbocycles. The van der Waals surface area contributed by atoms with Gasteiger partial charge in [0.2, 0.25) is 0 Å². The van der Waals surface area contributed by atoms with E-state index in [1.54, 1.807) is 23.0 Å². The van der Waals surface area contributed by atoms with E-state index in [2.05, 4.69) is 61.6 Å². The number of rotatable bonds is 7. The smallest absolute Gasteiger partial charge is 0.274 e. The quantitative estimate of drug-likeness (QED) is 0.290. The highest BCUT2D eigenvalue weighted by Gasteiger charge is 2.18. The van der Waals surface area contributed by atoms with Crippen LogP contribution in [0.25, 0.3) is 16.8 Å². The Balaban J connectivity index is 1.11. The van der Waals surface area contributed by atoms with Gasteiger partial charge in [-0.05, 0) is 53.9 Å². The summed E-state index contributed by atoms with van der Waals surface area (Å²) in [5, 5.41) is 8.03. The van der Waals surface area contributed by atoms with Gasteiger partial charge in [0.1, 0.15) is 5.69 Å². The van der Waals surface area contributed by atoms with Crippen LogP contribution < -0.4 is 10.2 Å². The fraction of sp³-hybridized carbons (Fsp3) is 0.194. The number of fused-ring (bicyclic) bond motifs is 1. The fourth-order valence-corrected chi connectivity index (χ4v) is 5.18. The van der Waals surface area contributed by atoms with Gasteiger partial charge in [0.25, 0.3) is 5.91 Å². The Kier molecular flexibility index (Phi) is 7.25. The SMILES string of the molecule is O=C(Nc1cccc(N2CCN(CCc3ccccc3)CC2)c1)c1ccn2ncc(-c3cccc(Cl)c3)c2n1. The number of anilines is 2. The van der Waals surface area contributed by atoms with E-state index in [-0.39, 0.29) is 5.91 Å². The molecule has 196 valence electrons. The lowest BCUT2D eigenvalue weighted by atomic mass is 10.1. The van der Waals surface area contributed by atoms with Crippen molar-refractivity contribution in [3.05, 3.63) is 114 Å². The Morgan fingerprint density at radius 3 is 2.54 bits per heavy atom. The molecule has 0 atom stereocenters. The third-order valence-electron chi connectivity index (χ3n) is 7.14. The van der Waals surface area contributed by atoms with Gasteiger partial charge in [0.05, 0.1) is 6.20 Å². The molecule has 0 spiro atoms. The normalized spacial score (nSPS) is 14.0. The Bertz CT molecular complexity index is 1590. The van der Waals surface area contributed by atoms with E-state index in [9.17, 15) is 4.79 Å². The van der Waals surface area contributed by atoms with Crippen LogP contribution >= 0.6 is 11.6 Å². The molecule has 0 saturated carbocycles. The van der Waals surface area contributed by atoms with Gasteiger partial charge in [0, 0.05) is 60.9 Å². The summed E-state index contributed by atoms with van der Waals surface area (Å²) in [4.78, 5) is 22.7. The van der Waals surface area contributed by atoms with Gasteiger partial charge in [-0.3, -0.25) is 9.69 Å². The lowest BCUT2D eigenvalue weighted by Crippen LogP contribution is -2.47. The second-order valence-corrected chi connectivity index (χ2v) is 10.2. The Hall–Kier alpha value is -4.20. The number of piperazine rings is 1. The maximum atomic E-state index is 13.2. The Labute approximate surface area is 232 Å². The van der Waals surface area contributed by atoms with Crippen molar-refractivity contribution in [3.63, 3.8) is 0 Å². The summed E-state index contributed by atoms with van der Waals surface area (Å²) < 4.78 is 1.66. The third kappa shape index (κ3) is 5.79. The van der Waals surface area contributed by atoms with Crippen LogP contribution in [0.5, 0.6) is 0 Å². The summed E-state index contributed by atoms with van der Waals surface area (Å²) in [6, 6.07) is 27.9. The van der Waals surface area contributed by atoms with Gasteiger partial charge in [0.15, 0.2) is 5.65 Å². The molecule has 5 aromatic rings.